The average Bonchev–Trinajstić information content (AvgIpc) is 3.61. The minimum absolute atomic E-state index is 0.0111. The molecule has 2 fully saturated rings. The Morgan fingerprint density at radius 3 is 2.62 bits per heavy atom. The van der Waals surface area contributed by atoms with Gasteiger partial charge in [-0.3, -0.25) is 0 Å². The first-order valence-corrected chi connectivity index (χ1v) is 14.5. The normalized spacial score (nSPS) is 22.8. The number of hydrogen-bond donors (Lipinski definition) is 0. The number of piperidine rings is 1. The SMILES string of the molecule is C#CCOCCN1CCC(/C=[N+]2\C=C(C3CCC(c4nnc(COc5cc(C(F)(F)F)ccn5)n4C)CC3)C=N2)CC1. The van der Waals surface area contributed by atoms with Gasteiger partial charge in [0, 0.05) is 43.3 Å². The summed E-state index contributed by atoms with van der Waals surface area (Å²) in [4.78, 5) is 6.31. The first-order valence-electron chi connectivity index (χ1n) is 14.5. The van der Waals surface area contributed by atoms with Crippen molar-refractivity contribution < 1.29 is 27.3 Å². The Balaban J connectivity index is 1.08. The zero-order chi connectivity index (χ0) is 29.5. The first-order chi connectivity index (χ1) is 20.3. The second-order valence-corrected chi connectivity index (χ2v) is 11.1. The van der Waals surface area contributed by atoms with Crippen LogP contribution in [0.1, 0.15) is 61.7 Å². The van der Waals surface area contributed by atoms with Gasteiger partial charge in [0.05, 0.1) is 12.2 Å². The summed E-state index contributed by atoms with van der Waals surface area (Å²) in [6.45, 7) is 4.06. The molecular formula is C30H37F3N7O2+. The van der Waals surface area contributed by atoms with Crippen LogP contribution >= 0.6 is 0 Å². The molecule has 0 unspecified atom stereocenters. The van der Waals surface area contributed by atoms with E-state index in [9.17, 15) is 13.2 Å². The Morgan fingerprint density at radius 1 is 1.12 bits per heavy atom. The van der Waals surface area contributed by atoms with Gasteiger partial charge in [0.25, 0.3) is 0 Å². The molecule has 1 saturated heterocycles. The van der Waals surface area contributed by atoms with Crippen LogP contribution in [0.3, 0.4) is 0 Å². The van der Waals surface area contributed by atoms with Crippen LogP contribution in [0.2, 0.25) is 0 Å². The standard InChI is InChI=1S/C30H37F3N7O2/c1-3-15-41-16-14-39-12-9-22(10-13-39)19-40-20-25(18-35-40)23-4-6-24(7-5-23)29-37-36-27(38(29)2)21-42-28-17-26(8-11-34-28)30(31,32)33/h1,8,11,17-20,22-24H,4-7,9-10,12-16,21H2,2H3/q+1/b40-19+. The molecule has 12 heteroatoms. The van der Waals surface area contributed by atoms with E-state index in [-0.39, 0.29) is 18.4 Å². The maximum absolute atomic E-state index is 13.0. The summed E-state index contributed by atoms with van der Waals surface area (Å²) in [7, 11) is 1.87. The zero-order valence-electron chi connectivity index (χ0n) is 23.8. The molecule has 1 saturated carbocycles. The minimum atomic E-state index is -4.45. The van der Waals surface area contributed by atoms with E-state index in [2.05, 4.69) is 43.5 Å². The van der Waals surface area contributed by atoms with Gasteiger partial charge in [0.1, 0.15) is 25.3 Å². The molecule has 0 radical (unpaired) electrons. The molecule has 2 aliphatic heterocycles. The highest BCUT2D eigenvalue weighted by molar-refractivity contribution is 5.80. The van der Waals surface area contributed by atoms with Gasteiger partial charge in [-0.05, 0) is 68.7 Å². The van der Waals surface area contributed by atoms with Crippen LogP contribution < -0.4 is 4.74 Å². The lowest BCUT2D eigenvalue weighted by molar-refractivity contribution is -0.455. The van der Waals surface area contributed by atoms with Gasteiger partial charge in [-0.2, -0.15) is 13.2 Å². The predicted octanol–water partition coefficient (Wildman–Crippen LogP) is 4.41. The van der Waals surface area contributed by atoms with Crippen LogP contribution in [0.4, 0.5) is 13.2 Å². The predicted molar refractivity (Wildman–Crippen MR) is 151 cm³/mol. The van der Waals surface area contributed by atoms with Crippen molar-refractivity contribution >= 4 is 12.4 Å². The van der Waals surface area contributed by atoms with Gasteiger partial charge in [-0.25, -0.2) is 4.98 Å². The molecule has 224 valence electrons. The molecule has 4 heterocycles. The quantitative estimate of drug-likeness (QED) is 0.234. The molecule has 0 atom stereocenters. The Hall–Kier alpha value is -3.56. The molecule has 0 spiro atoms. The van der Waals surface area contributed by atoms with Crippen molar-refractivity contribution in [2.75, 3.05) is 32.8 Å². The smallest absolute Gasteiger partial charge is 0.416 e. The first kappa shape index (κ1) is 29.9. The Morgan fingerprint density at radius 2 is 1.88 bits per heavy atom. The van der Waals surface area contributed by atoms with Crippen molar-refractivity contribution in [3.63, 3.8) is 0 Å². The largest absolute Gasteiger partial charge is 0.469 e. The summed E-state index contributed by atoms with van der Waals surface area (Å²) in [6, 6.07) is 1.81. The molecule has 0 amide bonds. The monoisotopic (exact) mass is 584 g/mol. The second kappa shape index (κ2) is 13.6. The number of hydrogen-bond acceptors (Lipinski definition) is 7. The number of terminal acetylenes is 1. The summed E-state index contributed by atoms with van der Waals surface area (Å²) in [6.07, 6.45) is 14.5. The number of aromatic nitrogens is 4. The van der Waals surface area contributed by atoms with Gasteiger partial charge in [-0.1, -0.05) is 10.6 Å². The molecule has 0 bridgehead atoms. The van der Waals surface area contributed by atoms with E-state index in [1.165, 1.54) is 5.57 Å². The van der Waals surface area contributed by atoms with Gasteiger partial charge < -0.3 is 18.9 Å². The number of alkyl halides is 3. The topological polar surface area (TPSA) is 80.7 Å². The van der Waals surface area contributed by atoms with E-state index in [1.807, 2.05) is 22.5 Å². The van der Waals surface area contributed by atoms with Crippen molar-refractivity contribution in [3.05, 3.63) is 47.3 Å². The fourth-order valence-corrected chi connectivity index (χ4v) is 5.86. The third kappa shape index (κ3) is 7.63. The van der Waals surface area contributed by atoms with Gasteiger partial charge in [0.15, 0.2) is 12.0 Å². The highest BCUT2D eigenvalue weighted by atomic mass is 19.4. The summed E-state index contributed by atoms with van der Waals surface area (Å²) < 4.78 is 53.7. The number of pyridine rings is 1. The van der Waals surface area contributed by atoms with Crippen LogP contribution in [0, 0.1) is 24.2 Å². The molecule has 1 aliphatic carbocycles. The Kier molecular flexibility index (Phi) is 9.69. The van der Waals surface area contributed by atoms with Crippen LogP contribution in [0.15, 0.2) is 35.2 Å². The van der Waals surface area contributed by atoms with Crippen LogP contribution in [-0.2, 0) is 24.6 Å². The highest BCUT2D eigenvalue weighted by Crippen LogP contribution is 2.38. The molecule has 9 nitrogen and oxygen atoms in total. The molecule has 3 aliphatic rings. The third-order valence-corrected chi connectivity index (χ3v) is 8.33. The number of hydrazone groups is 1. The number of halogens is 3. The fourth-order valence-electron chi connectivity index (χ4n) is 5.86. The highest BCUT2D eigenvalue weighted by Gasteiger charge is 2.32. The maximum Gasteiger partial charge on any atom is 0.416 e. The molecule has 2 aromatic rings. The van der Waals surface area contributed by atoms with Crippen LogP contribution in [-0.4, -0.2) is 74.6 Å². The molecule has 0 aromatic carbocycles. The number of rotatable bonds is 10. The molecule has 0 N–H and O–H groups in total. The minimum Gasteiger partial charge on any atom is -0.469 e. The average molecular weight is 585 g/mol. The lowest BCUT2D eigenvalue weighted by atomic mass is 9.78. The summed E-state index contributed by atoms with van der Waals surface area (Å²) in [5.41, 5.74) is 0.472. The molecular weight excluding hydrogens is 547 g/mol. The number of allylic oxidation sites excluding steroid dienone is 1. The van der Waals surface area contributed by atoms with Gasteiger partial charge in [-0.15, -0.1) is 16.6 Å². The zero-order valence-corrected chi connectivity index (χ0v) is 23.8. The van der Waals surface area contributed by atoms with E-state index in [0.717, 1.165) is 82.3 Å². The van der Waals surface area contributed by atoms with Crippen molar-refractivity contribution in [3.8, 4) is 18.2 Å². The summed E-state index contributed by atoms with van der Waals surface area (Å²) in [5.74, 6) is 5.06. The van der Waals surface area contributed by atoms with E-state index in [4.69, 9.17) is 15.9 Å². The Labute approximate surface area is 244 Å². The van der Waals surface area contributed by atoms with Crippen LogP contribution in [0.5, 0.6) is 5.88 Å². The lowest BCUT2D eigenvalue weighted by Crippen LogP contribution is -2.36. The number of nitrogens with zero attached hydrogens (tertiary/aromatic N) is 7. The van der Waals surface area contributed by atoms with Crippen molar-refractivity contribution in [2.45, 2.75) is 57.2 Å². The van der Waals surface area contributed by atoms with E-state index in [0.29, 0.717) is 30.9 Å². The maximum atomic E-state index is 13.0. The number of ether oxygens (including phenoxy) is 2. The number of likely N-dealkylation sites (tertiary alicyclic amines) is 1. The fraction of sp³-hybridized carbons (Fsp3) is 0.567. The molecule has 5 rings (SSSR count). The summed E-state index contributed by atoms with van der Waals surface area (Å²) in [5, 5.41) is 13.3. The van der Waals surface area contributed by atoms with Crippen molar-refractivity contribution in [1.82, 2.24) is 24.6 Å². The van der Waals surface area contributed by atoms with Crippen LogP contribution in [0.25, 0.3) is 0 Å². The van der Waals surface area contributed by atoms with E-state index in [1.54, 1.807) is 0 Å². The van der Waals surface area contributed by atoms with Crippen molar-refractivity contribution in [2.24, 2.45) is 24.0 Å². The molecule has 42 heavy (non-hydrogen) atoms. The van der Waals surface area contributed by atoms with E-state index >= 15 is 0 Å². The summed E-state index contributed by atoms with van der Waals surface area (Å²) >= 11 is 0. The second-order valence-electron chi connectivity index (χ2n) is 11.1. The van der Waals surface area contributed by atoms with Gasteiger partial charge >= 0.3 is 6.18 Å². The van der Waals surface area contributed by atoms with Gasteiger partial charge in [0.2, 0.25) is 12.1 Å². The Bertz CT molecular complexity index is 1350. The van der Waals surface area contributed by atoms with E-state index < -0.39 is 11.7 Å². The third-order valence-electron chi connectivity index (χ3n) is 8.33. The lowest BCUT2D eigenvalue weighted by Gasteiger charge is -2.28. The molecule has 2 aromatic heterocycles. The van der Waals surface area contributed by atoms with Crippen molar-refractivity contribution in [1.29, 1.82) is 0 Å².